The van der Waals surface area contributed by atoms with Gasteiger partial charge >= 0.3 is 0 Å². The summed E-state index contributed by atoms with van der Waals surface area (Å²) in [5.41, 5.74) is 0.454. The Labute approximate surface area is 130 Å². The first-order valence-corrected chi connectivity index (χ1v) is 7.19. The van der Waals surface area contributed by atoms with Crippen molar-refractivity contribution in [1.82, 2.24) is 0 Å². The van der Waals surface area contributed by atoms with Crippen molar-refractivity contribution in [3.05, 3.63) is 83.4 Å². The summed E-state index contributed by atoms with van der Waals surface area (Å²) in [6.07, 6.45) is 3.00. The minimum atomic E-state index is -1.17. The van der Waals surface area contributed by atoms with Crippen LogP contribution in [0.2, 0.25) is 5.02 Å². The van der Waals surface area contributed by atoms with Crippen molar-refractivity contribution in [2.75, 3.05) is 0 Å². The number of allylic oxidation sites excluding steroid dienone is 1. The van der Waals surface area contributed by atoms with Crippen molar-refractivity contribution in [3.63, 3.8) is 0 Å². The van der Waals surface area contributed by atoms with Gasteiger partial charge in [-0.25, -0.2) is 0 Å². The summed E-state index contributed by atoms with van der Waals surface area (Å²) in [7, 11) is 0. The molecule has 1 atom stereocenters. The van der Waals surface area contributed by atoms with Gasteiger partial charge in [-0.2, -0.15) is 0 Å². The lowest BCUT2D eigenvalue weighted by molar-refractivity contribution is 0.0914. The van der Waals surface area contributed by atoms with E-state index in [1.807, 2.05) is 42.5 Å². The van der Waals surface area contributed by atoms with Crippen molar-refractivity contribution in [1.29, 1.82) is 0 Å². The zero-order valence-corrected chi connectivity index (χ0v) is 12.5. The fraction of sp³-hybridized carbons (Fsp3) is 0.158. The Bertz CT molecular complexity index is 649. The van der Waals surface area contributed by atoms with E-state index in [0.29, 0.717) is 17.9 Å². The van der Waals surface area contributed by atoms with Crippen LogP contribution < -0.4 is 0 Å². The number of hydrogen-bond donors (Lipinski definition) is 1. The van der Waals surface area contributed by atoms with Crippen molar-refractivity contribution in [2.24, 2.45) is 0 Å². The van der Waals surface area contributed by atoms with Gasteiger partial charge in [0.25, 0.3) is 0 Å². The molecule has 2 heteroatoms. The summed E-state index contributed by atoms with van der Waals surface area (Å²) in [5, 5.41) is 11.6. The number of hydrogen-bond acceptors (Lipinski definition) is 1. The highest BCUT2D eigenvalue weighted by Gasteiger charge is 2.25. The summed E-state index contributed by atoms with van der Waals surface area (Å²) in [4.78, 5) is 0. The largest absolute Gasteiger partial charge is 0.373 e. The third kappa shape index (κ3) is 4.23. The molecule has 0 aromatic heterocycles. The van der Waals surface area contributed by atoms with Crippen molar-refractivity contribution in [3.8, 4) is 11.8 Å². The zero-order valence-electron chi connectivity index (χ0n) is 11.7. The minimum Gasteiger partial charge on any atom is -0.373 e. The maximum Gasteiger partial charge on any atom is 0.151 e. The van der Waals surface area contributed by atoms with Gasteiger partial charge < -0.3 is 5.11 Å². The second kappa shape index (κ2) is 7.13. The third-order valence-electron chi connectivity index (χ3n) is 3.22. The van der Waals surface area contributed by atoms with E-state index in [0.717, 1.165) is 11.1 Å². The van der Waals surface area contributed by atoms with E-state index in [4.69, 9.17) is 11.6 Å². The van der Waals surface area contributed by atoms with E-state index in [1.165, 1.54) is 0 Å². The van der Waals surface area contributed by atoms with Crippen LogP contribution in [0.4, 0.5) is 0 Å². The number of benzene rings is 2. The molecular weight excluding hydrogens is 280 g/mol. The van der Waals surface area contributed by atoms with Gasteiger partial charge in [0.2, 0.25) is 0 Å². The molecule has 2 aromatic rings. The molecule has 1 nitrogen and oxygen atoms in total. The Morgan fingerprint density at radius 1 is 1.10 bits per heavy atom. The fourth-order valence-corrected chi connectivity index (χ4v) is 2.14. The van der Waals surface area contributed by atoms with Crippen molar-refractivity contribution in [2.45, 2.75) is 18.4 Å². The van der Waals surface area contributed by atoms with Crippen LogP contribution in [0.15, 0.2) is 67.3 Å². The number of aliphatic hydroxyl groups is 1. The molecule has 0 saturated heterocycles. The Balaban J connectivity index is 2.33. The maximum absolute atomic E-state index is 10.9. The molecule has 0 amide bonds. The van der Waals surface area contributed by atoms with Crippen molar-refractivity contribution >= 4 is 11.6 Å². The second-order valence-corrected chi connectivity index (χ2v) is 5.25. The molecule has 1 N–H and O–H groups in total. The summed E-state index contributed by atoms with van der Waals surface area (Å²) >= 11 is 5.86. The lowest BCUT2D eigenvalue weighted by atomic mass is 9.89. The van der Waals surface area contributed by atoms with Gasteiger partial charge in [0.1, 0.15) is 0 Å². The predicted molar refractivity (Wildman–Crippen MR) is 88.1 cm³/mol. The fourth-order valence-electron chi connectivity index (χ4n) is 2.01. The molecule has 2 aromatic carbocycles. The normalized spacial score (nSPS) is 12.9. The van der Waals surface area contributed by atoms with Crippen LogP contribution >= 0.6 is 11.6 Å². The SMILES string of the molecule is C=CCCC(O)(C#Cc1ccc(Cl)cc1)c1ccccc1. The van der Waals surface area contributed by atoms with E-state index < -0.39 is 5.60 Å². The summed E-state index contributed by atoms with van der Waals surface area (Å²) in [6, 6.07) is 16.8. The molecule has 2 rings (SSSR count). The lowest BCUT2D eigenvalue weighted by Gasteiger charge is -2.22. The predicted octanol–water partition coefficient (Wildman–Crippen LogP) is 4.55. The van der Waals surface area contributed by atoms with E-state index in [2.05, 4.69) is 18.4 Å². The summed E-state index contributed by atoms with van der Waals surface area (Å²) < 4.78 is 0. The standard InChI is InChI=1S/C19H17ClO/c1-2-3-14-19(21,17-7-5-4-6-8-17)15-13-16-9-11-18(20)12-10-16/h2,4-12,21H,1,3,14H2. The van der Waals surface area contributed by atoms with Crippen LogP contribution in [0.1, 0.15) is 24.0 Å². The van der Waals surface area contributed by atoms with Crippen molar-refractivity contribution < 1.29 is 5.11 Å². The Morgan fingerprint density at radius 2 is 1.76 bits per heavy atom. The van der Waals surface area contributed by atoms with E-state index >= 15 is 0 Å². The van der Waals surface area contributed by atoms with Gasteiger partial charge in [0, 0.05) is 10.6 Å². The topological polar surface area (TPSA) is 20.2 Å². The quantitative estimate of drug-likeness (QED) is 0.648. The van der Waals surface area contributed by atoms with Gasteiger partial charge in [0.15, 0.2) is 5.60 Å². The molecule has 0 aliphatic carbocycles. The first kappa shape index (κ1) is 15.4. The average molecular weight is 297 g/mol. The highest BCUT2D eigenvalue weighted by molar-refractivity contribution is 6.30. The van der Waals surface area contributed by atoms with Crippen LogP contribution in [0, 0.1) is 11.8 Å². The highest BCUT2D eigenvalue weighted by atomic mass is 35.5. The molecule has 0 aliphatic rings. The average Bonchev–Trinajstić information content (AvgIpc) is 2.53. The minimum absolute atomic E-state index is 0.515. The van der Waals surface area contributed by atoms with Crippen LogP contribution in [-0.4, -0.2) is 5.11 Å². The molecule has 0 spiro atoms. The highest BCUT2D eigenvalue weighted by Crippen LogP contribution is 2.26. The molecule has 0 radical (unpaired) electrons. The monoisotopic (exact) mass is 296 g/mol. The molecule has 0 heterocycles. The first-order chi connectivity index (χ1) is 10.1. The number of halogens is 1. The molecule has 0 saturated carbocycles. The van der Waals surface area contributed by atoms with Gasteiger partial charge in [-0.3, -0.25) is 0 Å². The van der Waals surface area contributed by atoms with Crippen LogP contribution in [-0.2, 0) is 5.60 Å². The van der Waals surface area contributed by atoms with E-state index in [-0.39, 0.29) is 0 Å². The number of rotatable bonds is 4. The second-order valence-electron chi connectivity index (χ2n) is 4.81. The zero-order chi connectivity index (χ0) is 15.1. The molecule has 0 fully saturated rings. The van der Waals surface area contributed by atoms with E-state index in [1.54, 1.807) is 18.2 Å². The Hall–Kier alpha value is -2.01. The molecule has 0 bridgehead atoms. The molecule has 106 valence electrons. The van der Waals surface area contributed by atoms with Gasteiger partial charge in [-0.1, -0.05) is 59.8 Å². The van der Waals surface area contributed by atoms with Gasteiger partial charge in [-0.05, 0) is 42.7 Å². The van der Waals surface area contributed by atoms with Gasteiger partial charge in [0.05, 0.1) is 0 Å². The summed E-state index contributed by atoms with van der Waals surface area (Å²) in [6.45, 7) is 3.71. The smallest absolute Gasteiger partial charge is 0.151 e. The van der Waals surface area contributed by atoms with Crippen LogP contribution in [0.3, 0.4) is 0 Å². The first-order valence-electron chi connectivity index (χ1n) is 6.81. The molecule has 1 unspecified atom stereocenters. The van der Waals surface area contributed by atoms with Crippen LogP contribution in [0.5, 0.6) is 0 Å². The maximum atomic E-state index is 10.9. The van der Waals surface area contributed by atoms with E-state index in [9.17, 15) is 5.11 Å². The molecule has 21 heavy (non-hydrogen) atoms. The molecular formula is C19H17ClO. The third-order valence-corrected chi connectivity index (χ3v) is 3.47. The molecule has 0 aliphatic heterocycles. The van der Waals surface area contributed by atoms with Crippen LogP contribution in [0.25, 0.3) is 0 Å². The lowest BCUT2D eigenvalue weighted by Crippen LogP contribution is -2.23. The summed E-state index contributed by atoms with van der Waals surface area (Å²) in [5.74, 6) is 6.02. The Morgan fingerprint density at radius 3 is 2.38 bits per heavy atom. The Kier molecular flexibility index (Phi) is 5.22. The van der Waals surface area contributed by atoms with Gasteiger partial charge in [-0.15, -0.1) is 6.58 Å².